The van der Waals surface area contributed by atoms with Gasteiger partial charge in [0.25, 0.3) is 0 Å². The molecule has 0 saturated heterocycles. The van der Waals surface area contributed by atoms with E-state index in [-0.39, 0.29) is 5.41 Å². The summed E-state index contributed by atoms with van der Waals surface area (Å²) in [6.45, 7) is 0.856. The number of anilines is 3. The Morgan fingerprint density at radius 3 is 2.72 bits per heavy atom. The number of hydrogen-bond acceptors (Lipinski definition) is 3. The Hall–Kier alpha value is -3.98. The molecule has 3 heteroatoms. The number of benzene rings is 3. The molecule has 2 unspecified atom stereocenters. The number of allylic oxidation sites excluding steroid dienone is 7. The van der Waals surface area contributed by atoms with Crippen LogP contribution in [0, 0.1) is 0 Å². The van der Waals surface area contributed by atoms with Gasteiger partial charge >= 0.3 is 0 Å². The summed E-state index contributed by atoms with van der Waals surface area (Å²) >= 11 is 0. The molecule has 2 aliphatic heterocycles. The third kappa shape index (κ3) is 2.48. The van der Waals surface area contributed by atoms with Crippen LogP contribution in [0.25, 0.3) is 0 Å². The third-order valence-corrected chi connectivity index (χ3v) is 8.75. The standard InChI is InChI=1S/C33H28N2O/c1-34-21-35(30-15-7-6-14-29(30)34)22-18-19-24-23-10-2-3-11-25(23)33(28(24)20-22)26-12-4-8-16-31(26)36-32-17-9-5-13-27(32)33/h2-4,6-9,11-12,14-20,23H,5,10,13,21H2,1H3. The molecule has 2 atom stereocenters. The van der Waals surface area contributed by atoms with E-state index in [1.807, 2.05) is 0 Å². The first-order chi connectivity index (χ1) is 17.8. The van der Waals surface area contributed by atoms with Crippen molar-refractivity contribution in [3.8, 4) is 5.75 Å². The number of fused-ring (bicyclic) bond motifs is 9. The predicted molar refractivity (Wildman–Crippen MR) is 146 cm³/mol. The van der Waals surface area contributed by atoms with Crippen LogP contribution >= 0.6 is 0 Å². The second-order valence-corrected chi connectivity index (χ2v) is 10.5. The quantitative estimate of drug-likeness (QED) is 0.368. The van der Waals surface area contributed by atoms with Gasteiger partial charge < -0.3 is 14.5 Å². The molecule has 3 aromatic rings. The highest BCUT2D eigenvalue weighted by molar-refractivity contribution is 5.84. The van der Waals surface area contributed by atoms with Crippen LogP contribution in [0.3, 0.4) is 0 Å². The van der Waals surface area contributed by atoms with Gasteiger partial charge in [0.1, 0.15) is 11.5 Å². The maximum absolute atomic E-state index is 6.54. The molecule has 0 saturated carbocycles. The minimum atomic E-state index is -0.277. The van der Waals surface area contributed by atoms with Crippen LogP contribution in [0.4, 0.5) is 17.1 Å². The topological polar surface area (TPSA) is 15.7 Å². The lowest BCUT2D eigenvalue weighted by Gasteiger charge is -2.43. The molecular formula is C33H28N2O. The first-order valence-electron chi connectivity index (χ1n) is 13.0. The van der Waals surface area contributed by atoms with E-state index in [1.54, 1.807) is 0 Å². The zero-order valence-electron chi connectivity index (χ0n) is 20.4. The van der Waals surface area contributed by atoms with Crippen LogP contribution in [0.2, 0.25) is 0 Å². The average molecular weight is 469 g/mol. The van der Waals surface area contributed by atoms with Crippen molar-refractivity contribution >= 4 is 17.1 Å². The SMILES string of the molecule is CN1CN(c2ccc3c(c2)C2(C4=CC=CCC43)C3=C(C=CCC3)Oc3ccccc32)c2ccccc21. The van der Waals surface area contributed by atoms with Gasteiger partial charge in [0.05, 0.1) is 23.5 Å². The molecule has 0 radical (unpaired) electrons. The average Bonchev–Trinajstić information content (AvgIpc) is 3.42. The number of para-hydroxylation sites is 3. The number of hydrogen-bond donors (Lipinski definition) is 0. The molecule has 5 aliphatic rings. The lowest BCUT2D eigenvalue weighted by Crippen LogP contribution is -2.36. The summed E-state index contributed by atoms with van der Waals surface area (Å²) in [5.41, 5.74) is 10.7. The summed E-state index contributed by atoms with van der Waals surface area (Å²) in [5, 5.41) is 0. The maximum Gasteiger partial charge on any atom is 0.132 e. The Labute approximate surface area is 212 Å². The lowest BCUT2D eigenvalue weighted by atomic mass is 9.62. The van der Waals surface area contributed by atoms with Gasteiger partial charge in [-0.1, -0.05) is 60.7 Å². The van der Waals surface area contributed by atoms with E-state index < -0.39 is 0 Å². The van der Waals surface area contributed by atoms with E-state index >= 15 is 0 Å². The Balaban J connectivity index is 1.42. The number of ether oxygens (including phenoxy) is 1. The molecule has 0 fully saturated rings. The summed E-state index contributed by atoms with van der Waals surface area (Å²) < 4.78 is 6.54. The third-order valence-electron chi connectivity index (χ3n) is 8.75. The van der Waals surface area contributed by atoms with Crippen molar-refractivity contribution in [3.05, 3.63) is 131 Å². The Bertz CT molecular complexity index is 1560. The second-order valence-electron chi connectivity index (χ2n) is 10.5. The van der Waals surface area contributed by atoms with Crippen LogP contribution in [0.5, 0.6) is 5.75 Å². The molecule has 8 rings (SSSR count). The Kier molecular flexibility index (Phi) is 4.09. The van der Waals surface area contributed by atoms with Gasteiger partial charge in [-0.15, -0.1) is 0 Å². The van der Waals surface area contributed by atoms with E-state index in [2.05, 4.69) is 114 Å². The maximum atomic E-state index is 6.54. The van der Waals surface area contributed by atoms with Gasteiger partial charge in [0.15, 0.2) is 0 Å². The van der Waals surface area contributed by atoms with Crippen LogP contribution in [-0.4, -0.2) is 13.7 Å². The summed E-state index contributed by atoms with van der Waals surface area (Å²) in [6, 6.07) is 24.7. The fourth-order valence-corrected chi connectivity index (χ4v) is 7.30. The summed E-state index contributed by atoms with van der Waals surface area (Å²) in [7, 11) is 2.18. The molecule has 3 aliphatic carbocycles. The molecule has 0 aromatic heterocycles. The van der Waals surface area contributed by atoms with Crippen molar-refractivity contribution in [1.82, 2.24) is 0 Å². The zero-order valence-corrected chi connectivity index (χ0v) is 20.4. The molecule has 3 nitrogen and oxygen atoms in total. The highest BCUT2D eigenvalue weighted by Crippen LogP contribution is 2.64. The van der Waals surface area contributed by atoms with Crippen molar-refractivity contribution in [3.63, 3.8) is 0 Å². The fourth-order valence-electron chi connectivity index (χ4n) is 7.30. The fraction of sp³-hybridized carbons (Fsp3) is 0.212. The van der Waals surface area contributed by atoms with Crippen molar-refractivity contribution in [2.24, 2.45) is 0 Å². The van der Waals surface area contributed by atoms with Crippen LogP contribution in [0.1, 0.15) is 41.9 Å². The molecule has 2 heterocycles. The monoisotopic (exact) mass is 468 g/mol. The largest absolute Gasteiger partial charge is 0.457 e. The van der Waals surface area contributed by atoms with E-state index in [0.29, 0.717) is 5.92 Å². The van der Waals surface area contributed by atoms with Crippen molar-refractivity contribution in [2.45, 2.75) is 30.6 Å². The molecule has 36 heavy (non-hydrogen) atoms. The van der Waals surface area contributed by atoms with E-state index in [4.69, 9.17) is 4.74 Å². The second kappa shape index (κ2) is 7.27. The Morgan fingerprint density at radius 1 is 0.917 bits per heavy atom. The molecule has 0 bridgehead atoms. The van der Waals surface area contributed by atoms with Gasteiger partial charge in [-0.25, -0.2) is 0 Å². The zero-order chi connectivity index (χ0) is 23.9. The highest BCUT2D eigenvalue weighted by Gasteiger charge is 2.55. The minimum absolute atomic E-state index is 0.277. The van der Waals surface area contributed by atoms with Crippen LogP contribution in [-0.2, 0) is 5.41 Å². The number of nitrogens with zero attached hydrogens (tertiary/aromatic N) is 2. The summed E-state index contributed by atoms with van der Waals surface area (Å²) in [4.78, 5) is 4.79. The van der Waals surface area contributed by atoms with Crippen molar-refractivity contribution in [1.29, 1.82) is 0 Å². The van der Waals surface area contributed by atoms with Gasteiger partial charge in [0, 0.05) is 24.2 Å². The predicted octanol–water partition coefficient (Wildman–Crippen LogP) is 7.50. The van der Waals surface area contributed by atoms with Gasteiger partial charge in [-0.3, -0.25) is 0 Å². The molecular weight excluding hydrogens is 440 g/mol. The lowest BCUT2D eigenvalue weighted by molar-refractivity contribution is 0.386. The molecule has 0 amide bonds. The molecule has 1 spiro atoms. The van der Waals surface area contributed by atoms with E-state index in [0.717, 1.165) is 37.4 Å². The van der Waals surface area contributed by atoms with Crippen LogP contribution in [0.15, 0.2) is 114 Å². The Morgan fingerprint density at radius 2 is 1.78 bits per heavy atom. The molecule has 3 aromatic carbocycles. The van der Waals surface area contributed by atoms with Gasteiger partial charge in [-0.2, -0.15) is 0 Å². The normalized spacial score (nSPS) is 24.7. The van der Waals surface area contributed by atoms with Gasteiger partial charge in [-0.05, 0) is 77.9 Å². The first kappa shape index (κ1) is 20.2. The molecule has 0 N–H and O–H groups in total. The number of rotatable bonds is 1. The first-order valence-corrected chi connectivity index (χ1v) is 13.0. The minimum Gasteiger partial charge on any atom is -0.457 e. The van der Waals surface area contributed by atoms with Gasteiger partial charge in [0.2, 0.25) is 0 Å². The smallest absolute Gasteiger partial charge is 0.132 e. The van der Waals surface area contributed by atoms with Crippen molar-refractivity contribution in [2.75, 3.05) is 23.5 Å². The summed E-state index contributed by atoms with van der Waals surface area (Å²) in [5.74, 6) is 2.43. The summed E-state index contributed by atoms with van der Waals surface area (Å²) in [6.07, 6.45) is 14.6. The van der Waals surface area contributed by atoms with E-state index in [9.17, 15) is 0 Å². The van der Waals surface area contributed by atoms with Crippen molar-refractivity contribution < 1.29 is 4.74 Å². The van der Waals surface area contributed by atoms with E-state index in [1.165, 1.54) is 44.9 Å². The molecule has 176 valence electrons. The highest BCUT2D eigenvalue weighted by atomic mass is 16.5. The van der Waals surface area contributed by atoms with Crippen LogP contribution < -0.4 is 14.5 Å².